The third kappa shape index (κ3) is 5.53. The van der Waals surface area contributed by atoms with Crippen LogP contribution in [0.2, 0.25) is 0 Å². The Balaban J connectivity index is 2.24. The van der Waals surface area contributed by atoms with Gasteiger partial charge in [0.1, 0.15) is 12.8 Å². The summed E-state index contributed by atoms with van der Waals surface area (Å²) < 4.78 is 11.2. The van der Waals surface area contributed by atoms with Gasteiger partial charge in [0.15, 0.2) is 11.5 Å². The van der Waals surface area contributed by atoms with E-state index in [1.165, 1.54) is 13.8 Å². The summed E-state index contributed by atoms with van der Waals surface area (Å²) in [5, 5.41) is 5.40. The first-order chi connectivity index (χ1) is 12.0. The van der Waals surface area contributed by atoms with Crippen molar-refractivity contribution in [3.63, 3.8) is 0 Å². The van der Waals surface area contributed by atoms with Crippen LogP contribution in [0.5, 0.6) is 11.5 Å². The molecule has 0 saturated carbocycles. The van der Waals surface area contributed by atoms with Crippen LogP contribution >= 0.6 is 0 Å². The molecule has 2 aromatic rings. The predicted molar refractivity (Wildman–Crippen MR) is 94.1 cm³/mol. The highest BCUT2D eigenvalue weighted by molar-refractivity contribution is 5.76. The van der Waals surface area contributed by atoms with E-state index in [1.807, 2.05) is 30.3 Å². The van der Waals surface area contributed by atoms with Gasteiger partial charge in [-0.25, -0.2) is 0 Å². The molecular weight excluding hydrogens is 320 g/mol. The molecule has 0 bridgehead atoms. The van der Waals surface area contributed by atoms with Crippen molar-refractivity contribution in [3.8, 4) is 11.5 Å². The SMILES string of the molecule is COc1ccc(C(NC(C)=O)NC(C)=O)cc1OCc1ccccc1. The van der Waals surface area contributed by atoms with Crippen molar-refractivity contribution in [2.24, 2.45) is 0 Å². The van der Waals surface area contributed by atoms with Gasteiger partial charge in [-0.1, -0.05) is 36.4 Å². The van der Waals surface area contributed by atoms with E-state index in [0.717, 1.165) is 5.56 Å². The zero-order chi connectivity index (χ0) is 18.2. The third-order valence-electron chi connectivity index (χ3n) is 3.45. The van der Waals surface area contributed by atoms with Gasteiger partial charge in [-0.15, -0.1) is 0 Å². The van der Waals surface area contributed by atoms with Crippen LogP contribution in [0.3, 0.4) is 0 Å². The maximum Gasteiger partial charge on any atom is 0.218 e. The Bertz CT molecular complexity index is 715. The smallest absolute Gasteiger partial charge is 0.218 e. The molecule has 0 atom stereocenters. The molecular formula is C19H22N2O4. The number of rotatable bonds is 7. The van der Waals surface area contributed by atoms with Crippen LogP contribution in [0.15, 0.2) is 48.5 Å². The molecule has 6 nitrogen and oxygen atoms in total. The van der Waals surface area contributed by atoms with Crippen molar-refractivity contribution in [3.05, 3.63) is 59.7 Å². The second kappa shape index (κ2) is 8.73. The minimum absolute atomic E-state index is 0.249. The number of amides is 2. The molecule has 0 aliphatic rings. The summed E-state index contributed by atoms with van der Waals surface area (Å²) in [5.41, 5.74) is 1.71. The first kappa shape index (κ1) is 18.3. The van der Waals surface area contributed by atoms with Gasteiger partial charge in [0, 0.05) is 13.8 Å². The van der Waals surface area contributed by atoms with E-state index in [9.17, 15) is 9.59 Å². The number of benzene rings is 2. The zero-order valence-corrected chi connectivity index (χ0v) is 14.5. The second-order valence-corrected chi connectivity index (χ2v) is 5.52. The van der Waals surface area contributed by atoms with E-state index >= 15 is 0 Å². The van der Waals surface area contributed by atoms with Gasteiger partial charge in [-0.2, -0.15) is 0 Å². The van der Waals surface area contributed by atoms with Gasteiger partial charge in [0.25, 0.3) is 0 Å². The molecule has 0 aliphatic heterocycles. The zero-order valence-electron chi connectivity index (χ0n) is 14.5. The van der Waals surface area contributed by atoms with Crippen LogP contribution in [-0.4, -0.2) is 18.9 Å². The minimum atomic E-state index is -0.639. The molecule has 0 spiro atoms. The number of hydrogen-bond acceptors (Lipinski definition) is 4. The average molecular weight is 342 g/mol. The molecule has 2 amide bonds. The van der Waals surface area contributed by atoms with Gasteiger partial charge in [-0.05, 0) is 23.3 Å². The minimum Gasteiger partial charge on any atom is -0.493 e. The summed E-state index contributed by atoms with van der Waals surface area (Å²) in [6.45, 7) is 3.17. The Kier molecular flexibility index (Phi) is 6.39. The van der Waals surface area contributed by atoms with Crippen molar-refractivity contribution < 1.29 is 19.1 Å². The normalized spacial score (nSPS) is 10.2. The first-order valence-corrected chi connectivity index (χ1v) is 7.88. The number of nitrogens with one attached hydrogen (secondary N) is 2. The summed E-state index contributed by atoms with van der Waals surface area (Å²) >= 11 is 0. The molecule has 0 saturated heterocycles. The Morgan fingerprint density at radius 1 is 0.960 bits per heavy atom. The van der Waals surface area contributed by atoms with Gasteiger partial charge in [0.05, 0.1) is 7.11 Å². The predicted octanol–water partition coefficient (Wildman–Crippen LogP) is 2.55. The molecule has 6 heteroatoms. The molecule has 25 heavy (non-hydrogen) atoms. The fourth-order valence-electron chi connectivity index (χ4n) is 2.33. The number of methoxy groups -OCH3 is 1. The molecule has 0 aliphatic carbocycles. The quantitative estimate of drug-likeness (QED) is 0.758. The highest BCUT2D eigenvalue weighted by Crippen LogP contribution is 2.30. The lowest BCUT2D eigenvalue weighted by molar-refractivity contribution is -0.122. The Morgan fingerprint density at radius 3 is 2.16 bits per heavy atom. The molecule has 0 radical (unpaired) electrons. The average Bonchev–Trinajstić information content (AvgIpc) is 2.59. The largest absolute Gasteiger partial charge is 0.493 e. The third-order valence-corrected chi connectivity index (χ3v) is 3.45. The summed E-state index contributed by atoms with van der Waals surface area (Å²) in [6, 6.07) is 15.0. The summed E-state index contributed by atoms with van der Waals surface area (Å²) in [5.74, 6) is 0.608. The molecule has 0 aromatic heterocycles. The fourth-order valence-corrected chi connectivity index (χ4v) is 2.33. The van der Waals surface area contributed by atoms with E-state index in [2.05, 4.69) is 10.6 Å². The Labute approximate surface area is 147 Å². The monoisotopic (exact) mass is 342 g/mol. The topological polar surface area (TPSA) is 76.7 Å². The molecule has 2 N–H and O–H groups in total. The molecule has 0 fully saturated rings. The fraction of sp³-hybridized carbons (Fsp3) is 0.263. The van der Waals surface area contributed by atoms with Crippen LogP contribution < -0.4 is 20.1 Å². The lowest BCUT2D eigenvalue weighted by Gasteiger charge is -2.20. The number of ether oxygens (including phenoxy) is 2. The lowest BCUT2D eigenvalue weighted by atomic mass is 10.1. The highest BCUT2D eigenvalue weighted by Gasteiger charge is 2.16. The van der Waals surface area contributed by atoms with E-state index in [-0.39, 0.29) is 11.8 Å². The number of carbonyl (C=O) groups is 2. The Hall–Kier alpha value is -3.02. The second-order valence-electron chi connectivity index (χ2n) is 5.52. The van der Waals surface area contributed by atoms with Crippen LogP contribution in [-0.2, 0) is 16.2 Å². The van der Waals surface area contributed by atoms with Gasteiger partial charge in [-0.3, -0.25) is 9.59 Å². The van der Waals surface area contributed by atoms with E-state index in [0.29, 0.717) is 23.7 Å². The van der Waals surface area contributed by atoms with Gasteiger partial charge >= 0.3 is 0 Å². The summed E-state index contributed by atoms with van der Waals surface area (Å²) in [7, 11) is 1.56. The van der Waals surface area contributed by atoms with Crippen LogP contribution in [0.1, 0.15) is 31.1 Å². The molecule has 2 aromatic carbocycles. The number of hydrogen-bond donors (Lipinski definition) is 2. The standard InChI is InChI=1S/C19H22N2O4/c1-13(22)20-19(21-14(2)23)16-9-10-17(24-3)18(11-16)25-12-15-7-5-4-6-8-15/h4-11,19H,12H2,1-3H3,(H,20,22)(H,21,23). The van der Waals surface area contributed by atoms with Crippen molar-refractivity contribution in [1.29, 1.82) is 0 Å². The molecule has 2 rings (SSSR count). The molecule has 0 unspecified atom stereocenters. The van der Waals surface area contributed by atoms with E-state index in [4.69, 9.17) is 9.47 Å². The maximum absolute atomic E-state index is 11.4. The van der Waals surface area contributed by atoms with E-state index < -0.39 is 6.17 Å². The summed E-state index contributed by atoms with van der Waals surface area (Å²) in [6.07, 6.45) is -0.639. The molecule has 0 heterocycles. The van der Waals surface area contributed by atoms with Gasteiger partial charge in [0.2, 0.25) is 11.8 Å². The number of carbonyl (C=O) groups excluding carboxylic acids is 2. The summed E-state index contributed by atoms with van der Waals surface area (Å²) in [4.78, 5) is 22.8. The lowest BCUT2D eigenvalue weighted by Crippen LogP contribution is -2.39. The van der Waals surface area contributed by atoms with Gasteiger partial charge < -0.3 is 20.1 Å². The highest BCUT2D eigenvalue weighted by atomic mass is 16.5. The maximum atomic E-state index is 11.4. The molecule has 132 valence electrons. The van der Waals surface area contributed by atoms with Crippen molar-refractivity contribution in [2.45, 2.75) is 26.6 Å². The van der Waals surface area contributed by atoms with E-state index in [1.54, 1.807) is 25.3 Å². The van der Waals surface area contributed by atoms with Crippen molar-refractivity contribution in [1.82, 2.24) is 10.6 Å². The van der Waals surface area contributed by atoms with Crippen molar-refractivity contribution >= 4 is 11.8 Å². The van der Waals surface area contributed by atoms with Crippen LogP contribution in [0.4, 0.5) is 0 Å². The Morgan fingerprint density at radius 2 is 1.60 bits per heavy atom. The van der Waals surface area contributed by atoms with Crippen LogP contribution in [0.25, 0.3) is 0 Å². The first-order valence-electron chi connectivity index (χ1n) is 7.88. The van der Waals surface area contributed by atoms with Crippen LogP contribution in [0, 0.1) is 0 Å². The van der Waals surface area contributed by atoms with Crippen molar-refractivity contribution in [2.75, 3.05) is 7.11 Å².